The molecule has 0 fully saturated rings. The summed E-state index contributed by atoms with van der Waals surface area (Å²) in [5, 5.41) is 1.78. The Balaban J connectivity index is 1.51. The molecule has 0 aliphatic carbocycles. The highest BCUT2D eigenvalue weighted by Crippen LogP contribution is 2.36. The van der Waals surface area contributed by atoms with E-state index >= 15 is 0 Å². The fourth-order valence-corrected chi connectivity index (χ4v) is 3.38. The minimum absolute atomic E-state index is 0.108. The van der Waals surface area contributed by atoms with Crippen LogP contribution in [0.3, 0.4) is 0 Å². The van der Waals surface area contributed by atoms with Crippen molar-refractivity contribution in [1.29, 1.82) is 0 Å². The number of fused-ring (bicyclic) bond motifs is 1. The van der Waals surface area contributed by atoms with Gasteiger partial charge in [-0.2, -0.15) is 0 Å². The molecule has 178 valence electrons. The predicted molar refractivity (Wildman–Crippen MR) is 134 cm³/mol. The monoisotopic (exact) mass is 470 g/mol. The molecule has 0 N–H and O–H groups in total. The van der Waals surface area contributed by atoms with Crippen LogP contribution in [0.4, 0.5) is 0 Å². The highest BCUT2D eigenvalue weighted by Gasteiger charge is 2.17. The average Bonchev–Trinajstić information content (AvgIpc) is 2.90. The SMILES string of the molecule is C=CC(=O)OCCOCC(Oc1ccccc1)Oc1ccc(Oc2ccccc2)c2ccccc12. The van der Waals surface area contributed by atoms with Gasteiger partial charge in [-0.25, -0.2) is 4.79 Å². The highest BCUT2D eigenvalue weighted by atomic mass is 16.7. The molecule has 0 saturated carbocycles. The van der Waals surface area contributed by atoms with Crippen LogP contribution >= 0.6 is 0 Å². The van der Waals surface area contributed by atoms with Crippen molar-refractivity contribution in [2.75, 3.05) is 19.8 Å². The minimum atomic E-state index is -0.739. The van der Waals surface area contributed by atoms with Crippen LogP contribution in [-0.4, -0.2) is 32.1 Å². The van der Waals surface area contributed by atoms with Gasteiger partial charge < -0.3 is 23.7 Å². The summed E-state index contributed by atoms with van der Waals surface area (Å²) in [4.78, 5) is 11.2. The largest absolute Gasteiger partial charge is 0.460 e. The van der Waals surface area contributed by atoms with E-state index in [0.717, 1.165) is 28.3 Å². The second-order valence-corrected chi connectivity index (χ2v) is 7.45. The van der Waals surface area contributed by atoms with E-state index in [2.05, 4.69) is 6.58 Å². The van der Waals surface area contributed by atoms with Gasteiger partial charge in [0.05, 0.1) is 6.61 Å². The van der Waals surface area contributed by atoms with Crippen molar-refractivity contribution in [3.8, 4) is 23.0 Å². The van der Waals surface area contributed by atoms with Crippen LogP contribution in [0, 0.1) is 0 Å². The quantitative estimate of drug-likeness (QED) is 0.107. The van der Waals surface area contributed by atoms with Crippen molar-refractivity contribution in [1.82, 2.24) is 0 Å². The van der Waals surface area contributed by atoms with Crippen LogP contribution in [0.5, 0.6) is 23.0 Å². The summed E-state index contributed by atoms with van der Waals surface area (Å²) in [6, 6.07) is 30.6. The molecule has 0 heterocycles. The first-order valence-corrected chi connectivity index (χ1v) is 11.2. The van der Waals surface area contributed by atoms with Crippen molar-refractivity contribution < 1.29 is 28.5 Å². The molecule has 0 saturated heterocycles. The van der Waals surface area contributed by atoms with Gasteiger partial charge in [-0.1, -0.05) is 67.2 Å². The maximum Gasteiger partial charge on any atom is 0.330 e. The number of benzene rings is 4. The van der Waals surface area contributed by atoms with E-state index in [1.54, 1.807) is 0 Å². The van der Waals surface area contributed by atoms with Crippen molar-refractivity contribution in [3.63, 3.8) is 0 Å². The Kier molecular flexibility index (Phi) is 8.35. The van der Waals surface area contributed by atoms with Crippen LogP contribution < -0.4 is 14.2 Å². The van der Waals surface area contributed by atoms with Crippen LogP contribution in [0.1, 0.15) is 0 Å². The number of ether oxygens (including phenoxy) is 5. The van der Waals surface area contributed by atoms with E-state index in [9.17, 15) is 4.79 Å². The van der Waals surface area contributed by atoms with Crippen LogP contribution in [0.15, 0.2) is 110 Å². The van der Waals surface area contributed by atoms with E-state index in [-0.39, 0.29) is 19.8 Å². The molecule has 6 heteroatoms. The van der Waals surface area contributed by atoms with E-state index < -0.39 is 12.3 Å². The second kappa shape index (κ2) is 12.3. The predicted octanol–water partition coefficient (Wildman–Crippen LogP) is 6.16. The molecule has 4 aromatic carbocycles. The Labute approximate surface area is 204 Å². The molecule has 1 atom stereocenters. The van der Waals surface area contributed by atoms with Gasteiger partial charge in [0.25, 0.3) is 6.29 Å². The van der Waals surface area contributed by atoms with Gasteiger partial charge in [0, 0.05) is 16.8 Å². The molecular formula is C29H26O6. The summed E-state index contributed by atoms with van der Waals surface area (Å²) >= 11 is 0. The topological polar surface area (TPSA) is 63.2 Å². The molecule has 0 aliphatic heterocycles. The summed E-state index contributed by atoms with van der Waals surface area (Å²) in [6.45, 7) is 3.80. The normalized spacial score (nSPS) is 11.4. The maximum absolute atomic E-state index is 11.2. The molecule has 0 radical (unpaired) electrons. The summed E-state index contributed by atoms with van der Waals surface area (Å²) in [5.41, 5.74) is 0. The molecule has 4 rings (SSSR count). The maximum atomic E-state index is 11.2. The number of rotatable bonds is 12. The first-order chi connectivity index (χ1) is 17.2. The number of hydrogen-bond donors (Lipinski definition) is 0. The summed E-state index contributed by atoms with van der Waals surface area (Å²) in [5.74, 6) is 2.25. The molecule has 0 aliphatic rings. The molecule has 4 aromatic rings. The Hall–Kier alpha value is -4.29. The lowest BCUT2D eigenvalue weighted by molar-refractivity contribution is -0.140. The third kappa shape index (κ3) is 6.85. The molecule has 6 nitrogen and oxygen atoms in total. The molecule has 0 spiro atoms. The number of carbonyl (C=O) groups excluding carboxylic acids is 1. The molecule has 0 amide bonds. The zero-order valence-corrected chi connectivity index (χ0v) is 19.2. The van der Waals surface area contributed by atoms with Crippen LogP contribution in [0.25, 0.3) is 10.8 Å². The molecule has 0 bridgehead atoms. The fraction of sp³-hybridized carbons (Fsp3) is 0.138. The van der Waals surface area contributed by atoms with Gasteiger partial charge in [-0.05, 0) is 36.4 Å². The zero-order chi connectivity index (χ0) is 24.3. The van der Waals surface area contributed by atoms with Crippen molar-refractivity contribution >= 4 is 16.7 Å². The van der Waals surface area contributed by atoms with Gasteiger partial charge in [0.2, 0.25) is 0 Å². The third-order valence-electron chi connectivity index (χ3n) is 4.98. The van der Waals surface area contributed by atoms with E-state index in [1.165, 1.54) is 0 Å². The highest BCUT2D eigenvalue weighted by molar-refractivity contribution is 5.93. The summed E-state index contributed by atoms with van der Waals surface area (Å²) in [6.07, 6.45) is 0.373. The first kappa shape index (κ1) is 23.9. The standard InChI is InChI=1S/C29H26O6/c1-2-28(30)32-20-19-31-21-29(34-23-13-7-4-8-14-23)35-27-18-17-26(24-15-9-10-16-25(24)27)33-22-11-5-3-6-12-22/h2-18,29H,1,19-21H2. The Morgan fingerprint density at radius 3 is 2.00 bits per heavy atom. The summed E-state index contributed by atoms with van der Waals surface area (Å²) in [7, 11) is 0. The van der Waals surface area contributed by atoms with Crippen LogP contribution in [-0.2, 0) is 14.3 Å². The lowest BCUT2D eigenvalue weighted by atomic mass is 10.1. The smallest absolute Gasteiger partial charge is 0.330 e. The van der Waals surface area contributed by atoms with Gasteiger partial charge in [0.1, 0.15) is 36.2 Å². The van der Waals surface area contributed by atoms with Crippen LogP contribution in [0.2, 0.25) is 0 Å². The van der Waals surface area contributed by atoms with Gasteiger partial charge in [0.15, 0.2) is 0 Å². The Bertz CT molecular complexity index is 1240. The molecule has 1 unspecified atom stereocenters. The zero-order valence-electron chi connectivity index (χ0n) is 19.2. The summed E-state index contributed by atoms with van der Waals surface area (Å²) < 4.78 is 29.0. The number of esters is 1. The molecule has 35 heavy (non-hydrogen) atoms. The number of para-hydroxylation sites is 2. The van der Waals surface area contributed by atoms with Crippen molar-refractivity contribution in [3.05, 3.63) is 110 Å². The lowest BCUT2D eigenvalue weighted by Gasteiger charge is -2.22. The second-order valence-electron chi connectivity index (χ2n) is 7.45. The van der Waals surface area contributed by atoms with E-state index in [0.29, 0.717) is 11.5 Å². The van der Waals surface area contributed by atoms with Crippen molar-refractivity contribution in [2.45, 2.75) is 6.29 Å². The van der Waals surface area contributed by atoms with Gasteiger partial charge in [-0.15, -0.1) is 0 Å². The van der Waals surface area contributed by atoms with E-state index in [1.807, 2.05) is 97.1 Å². The average molecular weight is 471 g/mol. The lowest BCUT2D eigenvalue weighted by Crippen LogP contribution is -2.30. The Morgan fingerprint density at radius 1 is 0.714 bits per heavy atom. The first-order valence-electron chi connectivity index (χ1n) is 11.2. The fourth-order valence-electron chi connectivity index (χ4n) is 3.38. The number of carbonyl (C=O) groups is 1. The van der Waals surface area contributed by atoms with Crippen molar-refractivity contribution in [2.24, 2.45) is 0 Å². The van der Waals surface area contributed by atoms with Gasteiger partial charge in [-0.3, -0.25) is 0 Å². The molecular weight excluding hydrogens is 444 g/mol. The Morgan fingerprint density at radius 2 is 1.31 bits per heavy atom. The minimum Gasteiger partial charge on any atom is -0.460 e. The van der Waals surface area contributed by atoms with Gasteiger partial charge >= 0.3 is 5.97 Å². The third-order valence-corrected chi connectivity index (χ3v) is 4.98. The number of hydrogen-bond acceptors (Lipinski definition) is 6. The van der Waals surface area contributed by atoms with E-state index in [4.69, 9.17) is 23.7 Å². The molecule has 0 aromatic heterocycles.